The van der Waals surface area contributed by atoms with Crippen molar-refractivity contribution in [1.82, 2.24) is 5.32 Å². The van der Waals surface area contributed by atoms with E-state index in [1.54, 1.807) is 18.2 Å². The van der Waals surface area contributed by atoms with Gasteiger partial charge in [-0.3, -0.25) is 0 Å². The second-order valence-electron chi connectivity index (χ2n) is 4.58. The first kappa shape index (κ1) is 14.9. The van der Waals surface area contributed by atoms with E-state index in [1.807, 2.05) is 0 Å². The SMILES string of the molecule is COc1cccc(CNCCOCC(C)C)c1F. The van der Waals surface area contributed by atoms with E-state index in [9.17, 15) is 4.39 Å². The molecule has 0 heterocycles. The maximum Gasteiger partial charge on any atom is 0.169 e. The van der Waals surface area contributed by atoms with Gasteiger partial charge in [-0.15, -0.1) is 0 Å². The molecule has 0 bridgehead atoms. The van der Waals surface area contributed by atoms with Crippen LogP contribution in [0.15, 0.2) is 18.2 Å². The Kier molecular flexibility index (Phi) is 6.68. The van der Waals surface area contributed by atoms with Gasteiger partial charge in [-0.2, -0.15) is 0 Å². The van der Waals surface area contributed by atoms with Gasteiger partial charge in [0.05, 0.1) is 13.7 Å². The Morgan fingerprint density at radius 3 is 2.78 bits per heavy atom. The van der Waals surface area contributed by atoms with Crippen molar-refractivity contribution in [3.63, 3.8) is 0 Å². The highest BCUT2D eigenvalue weighted by atomic mass is 19.1. The Balaban J connectivity index is 2.27. The number of ether oxygens (including phenoxy) is 2. The first-order valence-electron chi connectivity index (χ1n) is 6.25. The zero-order chi connectivity index (χ0) is 13.4. The molecular weight excluding hydrogens is 233 g/mol. The number of halogens is 1. The van der Waals surface area contributed by atoms with E-state index in [2.05, 4.69) is 19.2 Å². The Bertz CT molecular complexity index is 356. The summed E-state index contributed by atoms with van der Waals surface area (Å²) in [6, 6.07) is 5.15. The number of methoxy groups -OCH3 is 1. The van der Waals surface area contributed by atoms with E-state index in [0.717, 1.165) is 6.61 Å². The zero-order valence-corrected chi connectivity index (χ0v) is 11.3. The molecule has 0 amide bonds. The van der Waals surface area contributed by atoms with Crippen LogP contribution in [0.3, 0.4) is 0 Å². The van der Waals surface area contributed by atoms with Crippen LogP contribution in [-0.2, 0) is 11.3 Å². The van der Waals surface area contributed by atoms with Crippen molar-refractivity contribution in [3.05, 3.63) is 29.6 Å². The topological polar surface area (TPSA) is 30.5 Å². The van der Waals surface area contributed by atoms with Crippen LogP contribution >= 0.6 is 0 Å². The first-order valence-corrected chi connectivity index (χ1v) is 6.25. The van der Waals surface area contributed by atoms with Crippen LogP contribution in [0.5, 0.6) is 5.75 Å². The number of rotatable bonds is 8. The fraction of sp³-hybridized carbons (Fsp3) is 0.571. The second-order valence-corrected chi connectivity index (χ2v) is 4.58. The van der Waals surface area contributed by atoms with Crippen LogP contribution in [-0.4, -0.2) is 26.9 Å². The van der Waals surface area contributed by atoms with E-state index in [4.69, 9.17) is 9.47 Å². The predicted octanol–water partition coefficient (Wildman–Crippen LogP) is 2.60. The molecule has 0 aliphatic heterocycles. The van der Waals surface area contributed by atoms with E-state index < -0.39 is 0 Å². The molecule has 1 aromatic rings. The number of nitrogens with one attached hydrogen (secondary N) is 1. The Hall–Kier alpha value is -1.13. The molecule has 1 aromatic carbocycles. The van der Waals surface area contributed by atoms with Crippen LogP contribution in [0.25, 0.3) is 0 Å². The summed E-state index contributed by atoms with van der Waals surface area (Å²) < 4.78 is 24.1. The molecule has 0 aliphatic carbocycles. The lowest BCUT2D eigenvalue weighted by Gasteiger charge is -2.10. The Labute approximate surface area is 108 Å². The summed E-state index contributed by atoms with van der Waals surface area (Å²) in [5.74, 6) is 0.529. The molecule has 0 aromatic heterocycles. The molecule has 0 fully saturated rings. The largest absolute Gasteiger partial charge is 0.494 e. The molecule has 0 saturated carbocycles. The van der Waals surface area contributed by atoms with Crippen LogP contribution in [0, 0.1) is 11.7 Å². The maximum absolute atomic E-state index is 13.8. The third-order valence-electron chi connectivity index (χ3n) is 2.45. The van der Waals surface area contributed by atoms with Gasteiger partial charge in [0.25, 0.3) is 0 Å². The van der Waals surface area contributed by atoms with Crippen LogP contribution in [0.2, 0.25) is 0 Å². The van der Waals surface area contributed by atoms with Gasteiger partial charge in [0.1, 0.15) is 0 Å². The van der Waals surface area contributed by atoms with Gasteiger partial charge in [0.15, 0.2) is 11.6 Å². The van der Waals surface area contributed by atoms with E-state index in [1.165, 1.54) is 7.11 Å². The third kappa shape index (κ3) is 5.02. The van der Waals surface area contributed by atoms with Gasteiger partial charge >= 0.3 is 0 Å². The average molecular weight is 255 g/mol. The maximum atomic E-state index is 13.8. The fourth-order valence-electron chi connectivity index (χ4n) is 1.54. The summed E-state index contributed by atoms with van der Waals surface area (Å²) in [5.41, 5.74) is 0.609. The summed E-state index contributed by atoms with van der Waals surface area (Å²) in [6.45, 7) is 6.81. The third-order valence-corrected chi connectivity index (χ3v) is 2.45. The first-order chi connectivity index (χ1) is 8.65. The number of benzene rings is 1. The molecule has 1 N–H and O–H groups in total. The van der Waals surface area contributed by atoms with Gasteiger partial charge in [-0.05, 0) is 12.0 Å². The van der Waals surface area contributed by atoms with E-state index in [0.29, 0.717) is 31.2 Å². The second kappa shape index (κ2) is 8.06. The highest BCUT2D eigenvalue weighted by molar-refractivity contribution is 5.30. The standard InChI is InChI=1S/C14H22FNO2/c1-11(2)10-18-8-7-16-9-12-5-4-6-13(17-3)14(12)15/h4-6,11,16H,7-10H2,1-3H3. The predicted molar refractivity (Wildman–Crippen MR) is 70.3 cm³/mol. The monoisotopic (exact) mass is 255 g/mol. The molecule has 0 spiro atoms. The fourth-order valence-corrected chi connectivity index (χ4v) is 1.54. The van der Waals surface area contributed by atoms with Gasteiger partial charge in [0.2, 0.25) is 0 Å². The number of hydrogen-bond acceptors (Lipinski definition) is 3. The molecule has 0 atom stereocenters. The van der Waals surface area contributed by atoms with E-state index in [-0.39, 0.29) is 11.6 Å². The molecule has 0 unspecified atom stereocenters. The molecular formula is C14H22FNO2. The summed E-state index contributed by atoms with van der Waals surface area (Å²) >= 11 is 0. The van der Waals surface area contributed by atoms with Gasteiger partial charge < -0.3 is 14.8 Å². The summed E-state index contributed by atoms with van der Waals surface area (Å²) in [7, 11) is 1.47. The van der Waals surface area contributed by atoms with Crippen LogP contribution in [0.4, 0.5) is 4.39 Å². The normalized spacial score (nSPS) is 10.9. The summed E-state index contributed by atoms with van der Waals surface area (Å²) in [4.78, 5) is 0. The van der Waals surface area contributed by atoms with Crippen molar-refractivity contribution in [2.75, 3.05) is 26.9 Å². The minimum atomic E-state index is -0.296. The van der Waals surface area contributed by atoms with Gasteiger partial charge in [0, 0.05) is 25.3 Å². The average Bonchev–Trinajstić information content (AvgIpc) is 2.35. The molecule has 18 heavy (non-hydrogen) atoms. The lowest BCUT2D eigenvalue weighted by molar-refractivity contribution is 0.111. The molecule has 0 radical (unpaired) electrons. The molecule has 0 saturated heterocycles. The molecule has 4 heteroatoms. The van der Waals surface area contributed by atoms with Crippen molar-refractivity contribution in [2.24, 2.45) is 5.92 Å². The van der Waals surface area contributed by atoms with Crippen molar-refractivity contribution in [1.29, 1.82) is 0 Å². The van der Waals surface area contributed by atoms with Crippen molar-refractivity contribution in [3.8, 4) is 5.75 Å². The molecule has 1 rings (SSSR count). The highest BCUT2D eigenvalue weighted by Gasteiger charge is 2.07. The van der Waals surface area contributed by atoms with Gasteiger partial charge in [-0.25, -0.2) is 4.39 Å². The quantitative estimate of drug-likeness (QED) is 0.724. The van der Waals surface area contributed by atoms with Crippen LogP contribution in [0.1, 0.15) is 19.4 Å². The van der Waals surface area contributed by atoms with Crippen molar-refractivity contribution >= 4 is 0 Å². The smallest absolute Gasteiger partial charge is 0.169 e. The van der Waals surface area contributed by atoms with Crippen molar-refractivity contribution < 1.29 is 13.9 Å². The molecule has 102 valence electrons. The van der Waals surface area contributed by atoms with E-state index >= 15 is 0 Å². The Morgan fingerprint density at radius 1 is 1.33 bits per heavy atom. The van der Waals surface area contributed by atoms with Crippen molar-refractivity contribution in [2.45, 2.75) is 20.4 Å². The minimum Gasteiger partial charge on any atom is -0.494 e. The highest BCUT2D eigenvalue weighted by Crippen LogP contribution is 2.19. The minimum absolute atomic E-state index is 0.283. The molecule has 3 nitrogen and oxygen atoms in total. The summed E-state index contributed by atoms with van der Waals surface area (Å²) in [6.07, 6.45) is 0. The Morgan fingerprint density at radius 2 is 2.11 bits per heavy atom. The summed E-state index contributed by atoms with van der Waals surface area (Å²) in [5, 5.41) is 3.15. The zero-order valence-electron chi connectivity index (χ0n) is 11.3. The lowest BCUT2D eigenvalue weighted by Crippen LogP contribution is -2.20. The number of hydrogen-bond donors (Lipinski definition) is 1. The lowest BCUT2D eigenvalue weighted by atomic mass is 10.2. The van der Waals surface area contributed by atoms with Gasteiger partial charge in [-0.1, -0.05) is 26.0 Å². The molecule has 0 aliphatic rings. The van der Waals surface area contributed by atoms with Crippen LogP contribution < -0.4 is 10.1 Å².